The number of hydrogen-bond acceptors (Lipinski definition) is 2. The number of carbonyl (C=O) groups is 1. The topological polar surface area (TPSA) is 46.1 Å². The Kier molecular flexibility index (Phi) is 4.88. The van der Waals surface area contributed by atoms with E-state index < -0.39 is 0 Å². The molecule has 1 aromatic rings. The molecule has 0 aromatic carbocycles. The van der Waals surface area contributed by atoms with Gasteiger partial charge in [-0.15, -0.1) is 0 Å². The second kappa shape index (κ2) is 6.44. The molecule has 0 saturated heterocycles. The molecule has 1 aliphatic carbocycles. The van der Waals surface area contributed by atoms with Gasteiger partial charge >= 0.3 is 0 Å². The molecule has 1 amide bonds. The van der Waals surface area contributed by atoms with Gasteiger partial charge in [0.1, 0.15) is 5.69 Å². The number of hydrogen-bond donors (Lipinski definition) is 2. The Morgan fingerprint density at radius 3 is 2.84 bits per heavy atom. The second-order valence-electron chi connectivity index (χ2n) is 5.38. The lowest BCUT2D eigenvalue weighted by molar-refractivity contribution is 0.0942. The molecular formula is C14H22ClN3O. The fraction of sp³-hybridized carbons (Fsp3) is 0.643. The van der Waals surface area contributed by atoms with E-state index >= 15 is 0 Å². The Balaban J connectivity index is 1.78. The number of aromatic nitrogens is 1. The van der Waals surface area contributed by atoms with E-state index in [-0.39, 0.29) is 11.9 Å². The average Bonchev–Trinajstić information content (AvgIpc) is 3.09. The van der Waals surface area contributed by atoms with Crippen LogP contribution < -0.4 is 10.6 Å². The summed E-state index contributed by atoms with van der Waals surface area (Å²) in [5.74, 6) is -0.0491. The molecule has 0 spiro atoms. The van der Waals surface area contributed by atoms with Crippen molar-refractivity contribution >= 4 is 17.5 Å². The predicted octanol–water partition coefficient (Wildman–Crippen LogP) is 2.59. The van der Waals surface area contributed by atoms with Crippen molar-refractivity contribution in [3.8, 4) is 0 Å². The van der Waals surface area contributed by atoms with Crippen LogP contribution in [0.2, 0.25) is 5.02 Å². The van der Waals surface area contributed by atoms with Crippen LogP contribution in [0.25, 0.3) is 0 Å². The Labute approximate surface area is 119 Å². The number of carbonyl (C=O) groups excluding carboxylic acids is 1. The fourth-order valence-corrected chi connectivity index (χ4v) is 2.24. The van der Waals surface area contributed by atoms with Gasteiger partial charge in [-0.2, -0.15) is 0 Å². The lowest BCUT2D eigenvalue weighted by atomic mass is 10.3. The van der Waals surface area contributed by atoms with Crippen LogP contribution in [0.3, 0.4) is 0 Å². The molecule has 0 unspecified atom stereocenters. The first-order chi connectivity index (χ1) is 9.08. The van der Waals surface area contributed by atoms with Crippen molar-refractivity contribution < 1.29 is 4.79 Å². The highest BCUT2D eigenvalue weighted by atomic mass is 35.5. The highest BCUT2D eigenvalue weighted by molar-refractivity contribution is 6.31. The zero-order chi connectivity index (χ0) is 13.8. The first kappa shape index (κ1) is 14.4. The van der Waals surface area contributed by atoms with Gasteiger partial charge in [-0.05, 0) is 45.7 Å². The minimum atomic E-state index is -0.0491. The van der Waals surface area contributed by atoms with Crippen molar-refractivity contribution in [3.05, 3.63) is 23.0 Å². The number of nitrogens with zero attached hydrogens (tertiary/aromatic N) is 1. The standard InChI is InChI=1S/C14H22ClN3O/c1-10(2)18-9-11(15)8-13(18)14(19)17-7-3-6-16-12-4-5-12/h8-10,12,16H,3-7H2,1-2H3,(H,17,19). The van der Waals surface area contributed by atoms with Crippen LogP contribution in [0.1, 0.15) is 49.6 Å². The minimum Gasteiger partial charge on any atom is -0.351 e. The van der Waals surface area contributed by atoms with Gasteiger partial charge in [-0.1, -0.05) is 11.6 Å². The van der Waals surface area contributed by atoms with E-state index in [4.69, 9.17) is 11.6 Å². The molecule has 1 heterocycles. The van der Waals surface area contributed by atoms with Crippen molar-refractivity contribution in [1.29, 1.82) is 0 Å². The van der Waals surface area contributed by atoms with Crippen LogP contribution in [0.5, 0.6) is 0 Å². The van der Waals surface area contributed by atoms with Crippen LogP contribution in [0.4, 0.5) is 0 Å². The van der Waals surface area contributed by atoms with Crippen molar-refractivity contribution in [1.82, 2.24) is 15.2 Å². The van der Waals surface area contributed by atoms with E-state index in [1.807, 2.05) is 18.4 Å². The summed E-state index contributed by atoms with van der Waals surface area (Å²) in [5, 5.41) is 6.98. The summed E-state index contributed by atoms with van der Waals surface area (Å²) < 4.78 is 1.90. The summed E-state index contributed by atoms with van der Waals surface area (Å²) in [6.45, 7) is 5.73. The van der Waals surface area contributed by atoms with Crippen LogP contribution >= 0.6 is 11.6 Å². The third kappa shape index (κ3) is 4.25. The smallest absolute Gasteiger partial charge is 0.267 e. The molecule has 1 aromatic heterocycles. The maximum Gasteiger partial charge on any atom is 0.267 e. The lowest BCUT2D eigenvalue weighted by Gasteiger charge is -2.12. The molecule has 106 valence electrons. The van der Waals surface area contributed by atoms with Gasteiger partial charge in [0.05, 0.1) is 5.02 Å². The Morgan fingerprint density at radius 2 is 2.21 bits per heavy atom. The summed E-state index contributed by atoms with van der Waals surface area (Å²) in [7, 11) is 0. The molecule has 5 heteroatoms. The van der Waals surface area contributed by atoms with Gasteiger partial charge in [0.2, 0.25) is 0 Å². The highest BCUT2D eigenvalue weighted by Gasteiger charge is 2.19. The molecule has 0 bridgehead atoms. The molecule has 1 aliphatic rings. The van der Waals surface area contributed by atoms with Crippen molar-refractivity contribution in [2.45, 2.75) is 45.2 Å². The highest BCUT2D eigenvalue weighted by Crippen LogP contribution is 2.19. The first-order valence-electron chi connectivity index (χ1n) is 6.97. The van der Waals surface area contributed by atoms with Crippen LogP contribution in [-0.2, 0) is 0 Å². The maximum absolute atomic E-state index is 12.1. The number of rotatable bonds is 7. The minimum absolute atomic E-state index is 0.0491. The maximum atomic E-state index is 12.1. The summed E-state index contributed by atoms with van der Waals surface area (Å²) in [6, 6.07) is 2.68. The average molecular weight is 284 g/mol. The molecule has 1 saturated carbocycles. The zero-order valence-corrected chi connectivity index (χ0v) is 12.3. The van der Waals surface area contributed by atoms with E-state index in [0.29, 0.717) is 17.3 Å². The molecular weight excluding hydrogens is 262 g/mol. The molecule has 0 radical (unpaired) electrons. The summed E-state index contributed by atoms with van der Waals surface area (Å²) in [5.41, 5.74) is 0.634. The zero-order valence-electron chi connectivity index (χ0n) is 11.6. The molecule has 0 atom stereocenters. The predicted molar refractivity (Wildman–Crippen MR) is 77.8 cm³/mol. The summed E-state index contributed by atoms with van der Waals surface area (Å²) in [6.07, 6.45) is 5.35. The lowest BCUT2D eigenvalue weighted by Crippen LogP contribution is -2.29. The number of halogens is 1. The largest absolute Gasteiger partial charge is 0.351 e. The normalized spacial score (nSPS) is 14.9. The van der Waals surface area contributed by atoms with Gasteiger partial charge in [-0.3, -0.25) is 4.79 Å². The molecule has 4 nitrogen and oxygen atoms in total. The third-order valence-electron chi connectivity index (χ3n) is 3.25. The monoisotopic (exact) mass is 283 g/mol. The van der Waals surface area contributed by atoms with Crippen LogP contribution in [-0.4, -0.2) is 29.6 Å². The van der Waals surface area contributed by atoms with E-state index in [1.54, 1.807) is 12.3 Å². The molecule has 2 rings (SSSR count). The summed E-state index contributed by atoms with van der Waals surface area (Å²) in [4.78, 5) is 12.1. The Bertz CT molecular complexity index is 438. The van der Waals surface area contributed by atoms with Crippen molar-refractivity contribution in [3.63, 3.8) is 0 Å². The summed E-state index contributed by atoms with van der Waals surface area (Å²) >= 11 is 5.97. The van der Waals surface area contributed by atoms with E-state index in [0.717, 1.165) is 19.0 Å². The molecule has 1 fully saturated rings. The molecule has 2 N–H and O–H groups in total. The third-order valence-corrected chi connectivity index (χ3v) is 3.46. The van der Waals surface area contributed by atoms with Gasteiger partial charge in [0, 0.05) is 24.8 Å². The van der Waals surface area contributed by atoms with Crippen molar-refractivity contribution in [2.24, 2.45) is 0 Å². The fourth-order valence-electron chi connectivity index (χ4n) is 2.03. The van der Waals surface area contributed by atoms with Crippen molar-refractivity contribution in [2.75, 3.05) is 13.1 Å². The molecule has 19 heavy (non-hydrogen) atoms. The second-order valence-corrected chi connectivity index (χ2v) is 5.82. The van der Waals surface area contributed by atoms with Crippen LogP contribution in [0.15, 0.2) is 12.3 Å². The van der Waals surface area contributed by atoms with E-state index in [9.17, 15) is 4.79 Å². The Hall–Kier alpha value is -1.00. The van der Waals surface area contributed by atoms with Gasteiger partial charge in [0.15, 0.2) is 0 Å². The van der Waals surface area contributed by atoms with Gasteiger partial charge in [0.25, 0.3) is 5.91 Å². The van der Waals surface area contributed by atoms with E-state index in [1.165, 1.54) is 12.8 Å². The van der Waals surface area contributed by atoms with E-state index in [2.05, 4.69) is 10.6 Å². The molecule has 0 aliphatic heterocycles. The van der Waals surface area contributed by atoms with Gasteiger partial charge < -0.3 is 15.2 Å². The first-order valence-corrected chi connectivity index (χ1v) is 7.34. The van der Waals surface area contributed by atoms with Crippen LogP contribution in [0, 0.1) is 0 Å². The van der Waals surface area contributed by atoms with Gasteiger partial charge in [-0.25, -0.2) is 0 Å². The Morgan fingerprint density at radius 1 is 1.47 bits per heavy atom. The number of amides is 1. The number of nitrogens with one attached hydrogen (secondary N) is 2. The SMILES string of the molecule is CC(C)n1cc(Cl)cc1C(=O)NCCCNC1CC1. The quantitative estimate of drug-likeness (QED) is 0.756.